The fourth-order valence-corrected chi connectivity index (χ4v) is 3.03. The Bertz CT molecular complexity index is 627. The molecule has 1 fully saturated rings. The third-order valence-electron chi connectivity index (χ3n) is 3.93. The molecule has 0 radical (unpaired) electrons. The van der Waals surface area contributed by atoms with Gasteiger partial charge in [0.2, 0.25) is 0 Å². The highest BCUT2D eigenvalue weighted by atomic mass is 79.9. The van der Waals surface area contributed by atoms with Crippen molar-refractivity contribution in [3.63, 3.8) is 0 Å². The lowest BCUT2D eigenvalue weighted by Gasteiger charge is -2.38. The molecule has 3 heterocycles. The maximum atomic E-state index is 5.81. The minimum Gasteiger partial charge on any atom is -0.373 e. The maximum Gasteiger partial charge on any atom is 0.155 e. The van der Waals surface area contributed by atoms with Crippen LogP contribution in [0, 0.1) is 0 Å². The number of aromatic nitrogens is 3. The smallest absolute Gasteiger partial charge is 0.155 e. The molecule has 2 unspecified atom stereocenters. The second-order valence-electron chi connectivity index (χ2n) is 5.92. The first-order chi connectivity index (χ1) is 10.1. The van der Waals surface area contributed by atoms with E-state index in [0.717, 1.165) is 35.5 Å². The summed E-state index contributed by atoms with van der Waals surface area (Å²) in [5.41, 5.74) is 2.17. The highest BCUT2D eigenvalue weighted by molar-refractivity contribution is 9.09. The zero-order chi connectivity index (χ0) is 15.0. The summed E-state index contributed by atoms with van der Waals surface area (Å²) in [6, 6.07) is 2.47. The SMILES string of the molecule is CC(C)c1cc2c(N3CC(CBr)OCC3C)nccn2n1. The third-order valence-corrected chi connectivity index (χ3v) is 4.65. The summed E-state index contributed by atoms with van der Waals surface area (Å²) >= 11 is 3.51. The normalized spacial score (nSPS) is 23.2. The van der Waals surface area contributed by atoms with Crippen molar-refractivity contribution in [1.29, 1.82) is 0 Å². The van der Waals surface area contributed by atoms with Crippen LogP contribution in [0.3, 0.4) is 0 Å². The van der Waals surface area contributed by atoms with E-state index in [1.807, 2.05) is 16.9 Å². The lowest BCUT2D eigenvalue weighted by Crippen LogP contribution is -2.49. The summed E-state index contributed by atoms with van der Waals surface area (Å²) in [5, 5.41) is 5.48. The van der Waals surface area contributed by atoms with Crippen LogP contribution in [0.1, 0.15) is 32.4 Å². The summed E-state index contributed by atoms with van der Waals surface area (Å²) in [4.78, 5) is 6.95. The van der Waals surface area contributed by atoms with E-state index in [-0.39, 0.29) is 6.10 Å². The second-order valence-corrected chi connectivity index (χ2v) is 6.56. The minimum absolute atomic E-state index is 0.204. The zero-order valence-corrected chi connectivity index (χ0v) is 14.2. The molecule has 0 bridgehead atoms. The number of halogens is 1. The minimum atomic E-state index is 0.204. The van der Waals surface area contributed by atoms with Crippen molar-refractivity contribution in [1.82, 2.24) is 14.6 Å². The predicted octanol–water partition coefficient (Wildman–Crippen LogP) is 2.84. The molecule has 6 heteroatoms. The van der Waals surface area contributed by atoms with Gasteiger partial charge in [0.25, 0.3) is 0 Å². The Balaban J connectivity index is 2.02. The average Bonchev–Trinajstić information content (AvgIpc) is 2.92. The molecule has 114 valence electrons. The fraction of sp³-hybridized carbons (Fsp3) is 0.600. The van der Waals surface area contributed by atoms with Crippen molar-refractivity contribution >= 4 is 27.3 Å². The first-order valence-corrected chi connectivity index (χ1v) is 8.50. The molecule has 3 rings (SSSR count). The van der Waals surface area contributed by atoms with Crippen molar-refractivity contribution in [3.8, 4) is 0 Å². The maximum absolute atomic E-state index is 5.81. The third kappa shape index (κ3) is 2.79. The first-order valence-electron chi connectivity index (χ1n) is 7.38. The number of ether oxygens (including phenoxy) is 1. The Morgan fingerprint density at radius 3 is 3.00 bits per heavy atom. The number of hydrogen-bond acceptors (Lipinski definition) is 4. The van der Waals surface area contributed by atoms with Gasteiger partial charge in [-0.05, 0) is 18.9 Å². The van der Waals surface area contributed by atoms with Crippen LogP contribution in [0.2, 0.25) is 0 Å². The Morgan fingerprint density at radius 2 is 2.29 bits per heavy atom. The fourth-order valence-electron chi connectivity index (χ4n) is 2.64. The van der Waals surface area contributed by atoms with Crippen LogP contribution in [0.4, 0.5) is 5.82 Å². The molecule has 2 aromatic heterocycles. The average molecular weight is 353 g/mol. The molecule has 1 aliphatic heterocycles. The van der Waals surface area contributed by atoms with Crippen LogP contribution in [0.5, 0.6) is 0 Å². The molecule has 5 nitrogen and oxygen atoms in total. The Kier molecular flexibility index (Phi) is 4.17. The summed E-state index contributed by atoms with van der Waals surface area (Å²) < 4.78 is 7.74. The van der Waals surface area contributed by atoms with Gasteiger partial charge in [-0.3, -0.25) is 0 Å². The van der Waals surface area contributed by atoms with Gasteiger partial charge >= 0.3 is 0 Å². The van der Waals surface area contributed by atoms with Crippen molar-refractivity contribution in [2.24, 2.45) is 0 Å². The Hall–Kier alpha value is -1.14. The molecule has 0 N–H and O–H groups in total. The van der Waals surface area contributed by atoms with E-state index in [0.29, 0.717) is 12.0 Å². The van der Waals surface area contributed by atoms with E-state index < -0.39 is 0 Å². The lowest BCUT2D eigenvalue weighted by atomic mass is 10.1. The van der Waals surface area contributed by atoms with Gasteiger partial charge in [0, 0.05) is 24.3 Å². The van der Waals surface area contributed by atoms with Gasteiger partial charge in [-0.15, -0.1) is 0 Å². The molecule has 0 saturated carbocycles. The van der Waals surface area contributed by atoms with Crippen LogP contribution in [0.25, 0.3) is 5.52 Å². The second kappa shape index (κ2) is 5.93. The first kappa shape index (κ1) is 14.8. The molecule has 0 aromatic carbocycles. The molecule has 1 saturated heterocycles. The number of fused-ring (bicyclic) bond motifs is 1. The van der Waals surface area contributed by atoms with Gasteiger partial charge in [-0.2, -0.15) is 5.10 Å². The molecule has 0 aliphatic carbocycles. The quantitative estimate of drug-likeness (QED) is 0.796. The molecule has 2 atom stereocenters. The molecule has 21 heavy (non-hydrogen) atoms. The topological polar surface area (TPSA) is 42.7 Å². The predicted molar refractivity (Wildman–Crippen MR) is 87.4 cm³/mol. The van der Waals surface area contributed by atoms with E-state index in [1.165, 1.54) is 0 Å². The number of nitrogens with zero attached hydrogens (tertiary/aromatic N) is 4. The van der Waals surface area contributed by atoms with Gasteiger partial charge < -0.3 is 9.64 Å². The molecule has 2 aromatic rings. The van der Waals surface area contributed by atoms with Crippen LogP contribution in [0.15, 0.2) is 18.5 Å². The highest BCUT2D eigenvalue weighted by Crippen LogP contribution is 2.26. The van der Waals surface area contributed by atoms with Gasteiger partial charge in [0.15, 0.2) is 5.82 Å². The van der Waals surface area contributed by atoms with Crippen molar-refractivity contribution in [2.75, 3.05) is 23.4 Å². The van der Waals surface area contributed by atoms with Gasteiger partial charge in [0.05, 0.1) is 24.4 Å². The van der Waals surface area contributed by atoms with Gasteiger partial charge in [-0.25, -0.2) is 9.50 Å². The summed E-state index contributed by atoms with van der Waals surface area (Å²) in [6.45, 7) is 8.07. The standard InChI is InChI=1S/C15H21BrN4O/c1-10(2)13-6-14-15(17-4-5-20(14)18-13)19-8-12(7-16)21-9-11(19)3/h4-6,10-12H,7-9H2,1-3H3. The van der Waals surface area contributed by atoms with Crippen molar-refractivity contribution in [3.05, 3.63) is 24.2 Å². The Morgan fingerprint density at radius 1 is 1.48 bits per heavy atom. The van der Waals surface area contributed by atoms with E-state index in [1.54, 1.807) is 0 Å². The van der Waals surface area contributed by atoms with E-state index >= 15 is 0 Å². The van der Waals surface area contributed by atoms with E-state index in [9.17, 15) is 0 Å². The largest absolute Gasteiger partial charge is 0.373 e. The molecule has 0 spiro atoms. The van der Waals surface area contributed by atoms with Crippen molar-refractivity contribution in [2.45, 2.75) is 38.8 Å². The number of rotatable bonds is 3. The Labute approximate surface area is 133 Å². The van der Waals surface area contributed by atoms with E-state index in [2.05, 4.69) is 57.8 Å². The summed E-state index contributed by atoms with van der Waals surface area (Å²) in [6.07, 6.45) is 3.94. The van der Waals surface area contributed by atoms with Crippen LogP contribution >= 0.6 is 15.9 Å². The van der Waals surface area contributed by atoms with Crippen LogP contribution < -0.4 is 4.90 Å². The summed E-state index contributed by atoms with van der Waals surface area (Å²) in [7, 11) is 0. The molecular weight excluding hydrogens is 332 g/mol. The molecule has 0 amide bonds. The van der Waals surface area contributed by atoms with Crippen LogP contribution in [-0.2, 0) is 4.74 Å². The van der Waals surface area contributed by atoms with Crippen molar-refractivity contribution < 1.29 is 4.74 Å². The van der Waals surface area contributed by atoms with E-state index in [4.69, 9.17) is 4.74 Å². The molecular formula is C15H21BrN4O. The number of morpholine rings is 1. The summed E-state index contributed by atoms with van der Waals surface area (Å²) in [5.74, 6) is 1.41. The monoisotopic (exact) mass is 352 g/mol. The highest BCUT2D eigenvalue weighted by Gasteiger charge is 2.28. The number of alkyl halides is 1. The van der Waals surface area contributed by atoms with Gasteiger partial charge in [-0.1, -0.05) is 29.8 Å². The zero-order valence-electron chi connectivity index (χ0n) is 12.7. The molecule has 1 aliphatic rings. The number of hydrogen-bond donors (Lipinski definition) is 0. The van der Waals surface area contributed by atoms with Gasteiger partial charge in [0.1, 0.15) is 5.52 Å². The van der Waals surface area contributed by atoms with Crippen LogP contribution in [-0.4, -0.2) is 45.2 Å². The lowest BCUT2D eigenvalue weighted by molar-refractivity contribution is 0.0377. The number of anilines is 1.